The quantitative estimate of drug-likeness (QED) is 0.718. The Balaban J connectivity index is 2.26. The Bertz CT molecular complexity index is 564. The van der Waals surface area contributed by atoms with Crippen LogP contribution in [0.4, 0.5) is 0 Å². The third-order valence-electron chi connectivity index (χ3n) is 4.83. The van der Waals surface area contributed by atoms with Gasteiger partial charge in [0, 0.05) is 18.0 Å². The summed E-state index contributed by atoms with van der Waals surface area (Å²) in [5, 5.41) is 2.10. The van der Waals surface area contributed by atoms with Gasteiger partial charge in [0.25, 0.3) is 0 Å². The molecule has 1 aliphatic rings. The molecular formula is C20H31NO4. The molecule has 0 spiro atoms. The molecule has 0 amide bonds. The molecule has 140 valence electrons. The van der Waals surface area contributed by atoms with E-state index in [0.29, 0.717) is 0 Å². The second kappa shape index (κ2) is 7.75. The van der Waals surface area contributed by atoms with E-state index in [1.807, 2.05) is 24.3 Å². The Hall–Kier alpha value is -1.59. The first-order chi connectivity index (χ1) is 11.7. The molecule has 0 aromatic heterocycles. The summed E-state index contributed by atoms with van der Waals surface area (Å²) >= 11 is 0. The highest BCUT2D eigenvalue weighted by atomic mass is 16.7. The van der Waals surface area contributed by atoms with Crippen LogP contribution in [-0.2, 0) is 14.4 Å². The first kappa shape index (κ1) is 19.7. The molecule has 0 saturated carbocycles. The lowest BCUT2D eigenvalue weighted by Gasteiger charge is -2.52. The van der Waals surface area contributed by atoms with Crippen molar-refractivity contribution in [2.45, 2.75) is 71.1 Å². The third-order valence-corrected chi connectivity index (χ3v) is 4.83. The van der Waals surface area contributed by atoms with Gasteiger partial charge in [0.1, 0.15) is 18.5 Å². The van der Waals surface area contributed by atoms with Gasteiger partial charge >= 0.3 is 5.97 Å². The fourth-order valence-electron chi connectivity index (χ4n) is 3.59. The SMILES string of the molecule is COc1ccc([C@H](COC(C)=O)ON2C(C)(C)CCCC2(C)C)cc1. The highest BCUT2D eigenvalue weighted by molar-refractivity contribution is 5.65. The van der Waals surface area contributed by atoms with Crippen molar-refractivity contribution in [3.05, 3.63) is 29.8 Å². The maximum absolute atomic E-state index is 11.3. The summed E-state index contributed by atoms with van der Waals surface area (Å²) in [6.45, 7) is 10.4. The summed E-state index contributed by atoms with van der Waals surface area (Å²) in [5.74, 6) is 0.480. The molecule has 5 heteroatoms. The molecule has 0 aliphatic carbocycles. The normalized spacial score (nSPS) is 20.7. The molecule has 1 aromatic carbocycles. The number of ether oxygens (including phenoxy) is 2. The zero-order valence-corrected chi connectivity index (χ0v) is 16.3. The van der Waals surface area contributed by atoms with Crippen LogP contribution >= 0.6 is 0 Å². The van der Waals surface area contributed by atoms with Crippen molar-refractivity contribution in [1.82, 2.24) is 5.06 Å². The van der Waals surface area contributed by atoms with Gasteiger partial charge in [-0.25, -0.2) is 0 Å². The average Bonchev–Trinajstić information content (AvgIpc) is 2.53. The fourth-order valence-corrected chi connectivity index (χ4v) is 3.59. The fraction of sp³-hybridized carbons (Fsp3) is 0.650. The zero-order chi connectivity index (χ0) is 18.7. The number of methoxy groups -OCH3 is 1. The molecule has 5 nitrogen and oxygen atoms in total. The highest BCUT2D eigenvalue weighted by Gasteiger charge is 2.43. The van der Waals surface area contributed by atoms with Crippen molar-refractivity contribution < 1.29 is 19.1 Å². The number of rotatable bonds is 6. The highest BCUT2D eigenvalue weighted by Crippen LogP contribution is 2.40. The van der Waals surface area contributed by atoms with Crippen LogP contribution in [0, 0.1) is 0 Å². The van der Waals surface area contributed by atoms with Gasteiger partial charge < -0.3 is 9.47 Å². The zero-order valence-electron chi connectivity index (χ0n) is 16.3. The number of carbonyl (C=O) groups excluding carboxylic acids is 1. The number of esters is 1. The van der Waals surface area contributed by atoms with E-state index >= 15 is 0 Å². The summed E-state index contributed by atoms with van der Waals surface area (Å²) in [7, 11) is 1.64. The number of hydrogen-bond acceptors (Lipinski definition) is 5. The van der Waals surface area contributed by atoms with Gasteiger partial charge in [-0.05, 0) is 64.7 Å². The number of hydroxylamine groups is 2. The van der Waals surface area contributed by atoms with Crippen LogP contribution in [-0.4, -0.2) is 35.8 Å². The standard InChI is InChI=1S/C20H31NO4/c1-15(22)24-14-18(16-8-10-17(23-6)11-9-16)25-21-19(2,3)12-7-13-20(21,4)5/h8-11,18H,7,12-14H2,1-6H3/t18-/m0/s1. The Morgan fingerprint density at radius 2 is 1.68 bits per heavy atom. The van der Waals surface area contributed by atoms with Gasteiger partial charge in [0.15, 0.2) is 0 Å². The summed E-state index contributed by atoms with van der Waals surface area (Å²) < 4.78 is 10.5. The first-order valence-electron chi connectivity index (χ1n) is 8.90. The Labute approximate surface area is 151 Å². The van der Waals surface area contributed by atoms with E-state index in [9.17, 15) is 4.79 Å². The maximum atomic E-state index is 11.3. The minimum absolute atomic E-state index is 0.0807. The number of carbonyl (C=O) groups is 1. The van der Waals surface area contributed by atoms with E-state index in [4.69, 9.17) is 14.3 Å². The molecular weight excluding hydrogens is 318 g/mol. The smallest absolute Gasteiger partial charge is 0.302 e. The lowest BCUT2D eigenvalue weighted by Crippen LogP contribution is -2.58. The molecule has 0 radical (unpaired) electrons. The van der Waals surface area contributed by atoms with Crippen molar-refractivity contribution >= 4 is 5.97 Å². The van der Waals surface area contributed by atoms with Crippen LogP contribution < -0.4 is 4.74 Å². The molecule has 0 unspecified atom stereocenters. The molecule has 25 heavy (non-hydrogen) atoms. The number of benzene rings is 1. The van der Waals surface area contributed by atoms with Crippen molar-refractivity contribution in [2.24, 2.45) is 0 Å². The minimum atomic E-state index is -0.355. The van der Waals surface area contributed by atoms with Crippen LogP contribution in [0.5, 0.6) is 5.75 Å². The van der Waals surface area contributed by atoms with Crippen LogP contribution in [0.2, 0.25) is 0 Å². The van der Waals surface area contributed by atoms with Crippen molar-refractivity contribution in [2.75, 3.05) is 13.7 Å². The predicted octanol–water partition coefficient (Wildman–Crippen LogP) is 4.27. The summed E-state index contributed by atoms with van der Waals surface area (Å²) in [6.07, 6.45) is 2.96. The second-order valence-electron chi connectivity index (χ2n) is 7.94. The minimum Gasteiger partial charge on any atom is -0.497 e. The van der Waals surface area contributed by atoms with Crippen LogP contribution in [0.15, 0.2) is 24.3 Å². The van der Waals surface area contributed by atoms with Gasteiger partial charge in [-0.15, -0.1) is 0 Å². The van der Waals surface area contributed by atoms with Gasteiger partial charge in [-0.2, -0.15) is 5.06 Å². The molecule has 1 fully saturated rings. The topological polar surface area (TPSA) is 48.0 Å². The van der Waals surface area contributed by atoms with E-state index in [2.05, 4.69) is 32.8 Å². The van der Waals surface area contributed by atoms with E-state index in [-0.39, 0.29) is 29.8 Å². The predicted molar refractivity (Wildman–Crippen MR) is 97.3 cm³/mol. The largest absolute Gasteiger partial charge is 0.497 e. The monoisotopic (exact) mass is 349 g/mol. The number of piperidine rings is 1. The summed E-state index contributed by atoms with van der Waals surface area (Å²) in [6, 6.07) is 7.70. The Kier molecular flexibility index (Phi) is 6.12. The van der Waals surface area contributed by atoms with E-state index in [1.165, 1.54) is 13.3 Å². The van der Waals surface area contributed by atoms with E-state index in [0.717, 1.165) is 24.2 Å². The van der Waals surface area contributed by atoms with Crippen molar-refractivity contribution in [3.63, 3.8) is 0 Å². The molecule has 1 heterocycles. The Morgan fingerprint density at radius 1 is 1.12 bits per heavy atom. The molecule has 1 atom stereocenters. The van der Waals surface area contributed by atoms with Crippen molar-refractivity contribution in [3.8, 4) is 5.75 Å². The lowest BCUT2D eigenvalue weighted by molar-refractivity contribution is -0.311. The summed E-state index contributed by atoms with van der Waals surface area (Å²) in [5.41, 5.74) is 0.796. The average molecular weight is 349 g/mol. The molecule has 0 bridgehead atoms. The lowest BCUT2D eigenvalue weighted by atomic mass is 9.82. The van der Waals surface area contributed by atoms with E-state index < -0.39 is 0 Å². The molecule has 1 aliphatic heterocycles. The summed E-state index contributed by atoms with van der Waals surface area (Å²) in [4.78, 5) is 17.8. The van der Waals surface area contributed by atoms with Gasteiger partial charge in [0.2, 0.25) is 0 Å². The van der Waals surface area contributed by atoms with Crippen LogP contribution in [0.1, 0.15) is 65.5 Å². The molecule has 2 rings (SSSR count). The third kappa shape index (κ3) is 4.95. The first-order valence-corrected chi connectivity index (χ1v) is 8.90. The molecule has 1 aromatic rings. The van der Waals surface area contributed by atoms with Gasteiger partial charge in [0.05, 0.1) is 7.11 Å². The van der Waals surface area contributed by atoms with Gasteiger partial charge in [-0.1, -0.05) is 12.1 Å². The van der Waals surface area contributed by atoms with Crippen LogP contribution in [0.3, 0.4) is 0 Å². The van der Waals surface area contributed by atoms with Crippen LogP contribution in [0.25, 0.3) is 0 Å². The van der Waals surface area contributed by atoms with Gasteiger partial charge in [-0.3, -0.25) is 9.63 Å². The molecule has 0 N–H and O–H groups in total. The van der Waals surface area contributed by atoms with Crippen molar-refractivity contribution in [1.29, 1.82) is 0 Å². The number of hydrogen-bond donors (Lipinski definition) is 0. The number of nitrogens with zero attached hydrogens (tertiary/aromatic N) is 1. The van der Waals surface area contributed by atoms with E-state index in [1.54, 1.807) is 7.11 Å². The maximum Gasteiger partial charge on any atom is 0.302 e. The molecule has 1 saturated heterocycles. The Morgan fingerprint density at radius 3 is 2.16 bits per heavy atom. The second-order valence-corrected chi connectivity index (χ2v) is 7.94.